The minimum Gasteiger partial charge on any atom is -0.493 e. The average molecular weight is 485 g/mol. The highest BCUT2D eigenvalue weighted by atomic mass is 19.1. The summed E-state index contributed by atoms with van der Waals surface area (Å²) in [6.45, 7) is 5.87. The summed E-state index contributed by atoms with van der Waals surface area (Å²) >= 11 is 0. The van der Waals surface area contributed by atoms with Gasteiger partial charge in [0.25, 0.3) is 0 Å². The van der Waals surface area contributed by atoms with Gasteiger partial charge in [0, 0.05) is 56.3 Å². The summed E-state index contributed by atoms with van der Waals surface area (Å²) in [5.41, 5.74) is 0.986. The molecule has 3 fully saturated rings. The Morgan fingerprint density at radius 3 is 2.37 bits per heavy atom. The molecule has 1 aromatic heterocycles. The van der Waals surface area contributed by atoms with Crippen molar-refractivity contribution >= 4 is 11.9 Å². The second-order valence-electron chi connectivity index (χ2n) is 10.1. The van der Waals surface area contributed by atoms with Gasteiger partial charge in [-0.05, 0) is 61.8 Å². The van der Waals surface area contributed by atoms with Crippen LogP contribution >= 0.6 is 0 Å². The van der Waals surface area contributed by atoms with Gasteiger partial charge in [-0.3, -0.25) is 4.79 Å². The first-order valence-electron chi connectivity index (χ1n) is 13.0. The summed E-state index contributed by atoms with van der Waals surface area (Å²) in [4.78, 5) is 25.0. The number of likely N-dealkylation sites (tertiary alicyclic amines) is 1. The Labute approximate surface area is 205 Å². The zero-order valence-electron chi connectivity index (χ0n) is 20.4. The molecule has 1 aliphatic carbocycles. The van der Waals surface area contributed by atoms with Gasteiger partial charge in [-0.25, -0.2) is 18.7 Å². The van der Waals surface area contributed by atoms with Gasteiger partial charge in [0.15, 0.2) is 0 Å². The largest absolute Gasteiger partial charge is 0.493 e. The van der Waals surface area contributed by atoms with Crippen LogP contribution in [0.5, 0.6) is 5.75 Å². The number of halogens is 2. The van der Waals surface area contributed by atoms with E-state index in [2.05, 4.69) is 21.8 Å². The topological polar surface area (TPSA) is 58.6 Å². The van der Waals surface area contributed by atoms with Gasteiger partial charge in [-0.1, -0.05) is 6.92 Å². The summed E-state index contributed by atoms with van der Waals surface area (Å²) in [7, 11) is 0. The number of rotatable bonds is 9. The number of piperidine rings is 1. The molecule has 0 radical (unpaired) electrons. The molecule has 5 rings (SSSR count). The molecule has 35 heavy (non-hydrogen) atoms. The van der Waals surface area contributed by atoms with E-state index in [0.29, 0.717) is 37.5 Å². The highest BCUT2D eigenvalue weighted by molar-refractivity contribution is 5.79. The van der Waals surface area contributed by atoms with Gasteiger partial charge in [0.05, 0.1) is 13.0 Å². The third-order valence-electron chi connectivity index (χ3n) is 7.91. The molecule has 6 nitrogen and oxygen atoms in total. The van der Waals surface area contributed by atoms with Crippen molar-refractivity contribution in [2.75, 3.05) is 37.7 Å². The highest BCUT2D eigenvalue weighted by Gasteiger charge is 2.43. The second-order valence-corrected chi connectivity index (χ2v) is 10.1. The first kappa shape index (κ1) is 23.9. The molecule has 2 aromatic rings. The standard InChI is InChI=1S/C27H34F2N4O2/c1-2-18-16-30-27(31-17-18)33-9-4-19(5-10-33)22-12-20(22)6-11-35-21-13-24(28)23(25(29)14-21)15-26(34)32-7-3-8-32/h13-14,16-17,19-20,22H,2-12,15H2,1H3/t20-,22+/m0/s1. The van der Waals surface area contributed by atoms with Crippen LogP contribution in [-0.4, -0.2) is 53.6 Å². The Bertz CT molecular complexity index is 1010. The third-order valence-corrected chi connectivity index (χ3v) is 7.91. The molecular weight excluding hydrogens is 450 g/mol. The molecule has 1 aromatic carbocycles. The maximum absolute atomic E-state index is 14.4. The maximum atomic E-state index is 14.4. The number of carbonyl (C=O) groups is 1. The summed E-state index contributed by atoms with van der Waals surface area (Å²) in [5.74, 6) is 1.43. The van der Waals surface area contributed by atoms with E-state index >= 15 is 0 Å². The van der Waals surface area contributed by atoms with Crippen LogP contribution in [0.25, 0.3) is 0 Å². The summed E-state index contributed by atoms with van der Waals surface area (Å²) in [6.07, 6.45) is 9.89. The molecule has 1 amide bonds. The van der Waals surface area contributed by atoms with E-state index in [1.54, 1.807) is 4.90 Å². The van der Waals surface area contributed by atoms with E-state index in [1.807, 2.05) is 12.4 Å². The van der Waals surface area contributed by atoms with Crippen molar-refractivity contribution in [3.63, 3.8) is 0 Å². The maximum Gasteiger partial charge on any atom is 0.227 e. The molecule has 8 heteroatoms. The van der Waals surface area contributed by atoms with Crippen molar-refractivity contribution < 1.29 is 18.3 Å². The lowest BCUT2D eigenvalue weighted by Crippen LogP contribution is -2.43. The molecule has 0 spiro atoms. The van der Waals surface area contributed by atoms with E-state index in [0.717, 1.165) is 56.7 Å². The fourth-order valence-corrected chi connectivity index (χ4v) is 5.39. The SMILES string of the molecule is CCc1cnc(N2CCC([C@H]3C[C@@H]3CCOc3cc(F)c(CC(=O)N4CCC4)c(F)c3)CC2)nc1. The van der Waals surface area contributed by atoms with E-state index in [-0.39, 0.29) is 23.6 Å². The predicted molar refractivity (Wildman–Crippen MR) is 129 cm³/mol. The van der Waals surface area contributed by atoms with Crippen LogP contribution in [0.4, 0.5) is 14.7 Å². The molecule has 0 unspecified atom stereocenters. The minimum atomic E-state index is -0.710. The number of hydrogen-bond donors (Lipinski definition) is 0. The molecule has 0 bridgehead atoms. The highest BCUT2D eigenvalue weighted by Crippen LogP contribution is 2.49. The van der Waals surface area contributed by atoms with Crippen LogP contribution < -0.4 is 9.64 Å². The van der Waals surface area contributed by atoms with Gasteiger partial charge < -0.3 is 14.5 Å². The summed E-state index contributed by atoms with van der Waals surface area (Å²) in [5, 5.41) is 0. The smallest absolute Gasteiger partial charge is 0.227 e. The van der Waals surface area contributed by atoms with Crippen molar-refractivity contribution in [1.29, 1.82) is 0 Å². The van der Waals surface area contributed by atoms with Crippen LogP contribution in [0.2, 0.25) is 0 Å². The molecule has 3 heterocycles. The molecule has 188 valence electrons. The molecule has 0 N–H and O–H groups in total. The Balaban J connectivity index is 1.04. The van der Waals surface area contributed by atoms with Gasteiger partial charge >= 0.3 is 0 Å². The van der Waals surface area contributed by atoms with Crippen molar-refractivity contribution in [3.8, 4) is 5.75 Å². The molecule has 1 saturated carbocycles. The number of carbonyl (C=O) groups excluding carboxylic acids is 1. The number of ether oxygens (including phenoxy) is 1. The zero-order chi connectivity index (χ0) is 24.4. The van der Waals surface area contributed by atoms with Crippen molar-refractivity contribution in [2.24, 2.45) is 17.8 Å². The fourth-order valence-electron chi connectivity index (χ4n) is 5.39. The Morgan fingerprint density at radius 2 is 1.77 bits per heavy atom. The number of amides is 1. The van der Waals surface area contributed by atoms with Crippen LogP contribution in [0.3, 0.4) is 0 Å². The monoisotopic (exact) mass is 484 g/mol. The van der Waals surface area contributed by atoms with Gasteiger partial charge in [0.2, 0.25) is 11.9 Å². The number of aromatic nitrogens is 2. The van der Waals surface area contributed by atoms with Crippen molar-refractivity contribution in [2.45, 2.75) is 51.9 Å². The van der Waals surface area contributed by atoms with E-state index in [4.69, 9.17) is 4.74 Å². The number of benzene rings is 1. The quantitative estimate of drug-likeness (QED) is 0.528. The van der Waals surface area contributed by atoms with Gasteiger partial charge in [0.1, 0.15) is 17.4 Å². The molecule has 2 aliphatic heterocycles. The molecule has 2 atom stereocenters. The van der Waals surface area contributed by atoms with Crippen LogP contribution in [0.1, 0.15) is 50.2 Å². The van der Waals surface area contributed by atoms with Gasteiger partial charge in [-0.15, -0.1) is 0 Å². The molecule has 2 saturated heterocycles. The third kappa shape index (κ3) is 5.57. The fraction of sp³-hybridized carbons (Fsp3) is 0.593. The number of anilines is 1. The number of nitrogens with zero attached hydrogens (tertiary/aromatic N) is 4. The van der Waals surface area contributed by atoms with Crippen LogP contribution in [0, 0.1) is 29.4 Å². The lowest BCUT2D eigenvalue weighted by Gasteiger charge is -2.32. The Kier molecular flexibility index (Phi) is 7.16. The Morgan fingerprint density at radius 1 is 1.09 bits per heavy atom. The minimum absolute atomic E-state index is 0.172. The predicted octanol–water partition coefficient (Wildman–Crippen LogP) is 4.41. The van der Waals surface area contributed by atoms with Crippen molar-refractivity contribution in [1.82, 2.24) is 14.9 Å². The van der Waals surface area contributed by atoms with Crippen LogP contribution in [-0.2, 0) is 17.6 Å². The number of aryl methyl sites for hydroxylation is 1. The summed E-state index contributed by atoms with van der Waals surface area (Å²) in [6, 6.07) is 2.41. The zero-order valence-corrected chi connectivity index (χ0v) is 20.4. The first-order chi connectivity index (χ1) is 17.0. The lowest BCUT2D eigenvalue weighted by molar-refractivity contribution is -0.133. The van der Waals surface area contributed by atoms with E-state index < -0.39 is 11.6 Å². The van der Waals surface area contributed by atoms with E-state index in [1.165, 1.54) is 18.6 Å². The number of hydrogen-bond acceptors (Lipinski definition) is 5. The Hall–Kier alpha value is -2.77. The first-order valence-corrected chi connectivity index (χ1v) is 13.0. The normalized spacial score (nSPS) is 22.1. The summed E-state index contributed by atoms with van der Waals surface area (Å²) < 4.78 is 34.6. The van der Waals surface area contributed by atoms with Gasteiger partial charge in [-0.2, -0.15) is 0 Å². The average Bonchev–Trinajstić information content (AvgIpc) is 3.60. The molecular formula is C27H34F2N4O2. The van der Waals surface area contributed by atoms with Crippen molar-refractivity contribution in [3.05, 3.63) is 47.3 Å². The molecule has 3 aliphatic rings. The second kappa shape index (κ2) is 10.5. The lowest BCUT2D eigenvalue weighted by atomic mass is 9.90. The van der Waals surface area contributed by atoms with Crippen LogP contribution in [0.15, 0.2) is 24.5 Å². The van der Waals surface area contributed by atoms with E-state index in [9.17, 15) is 13.6 Å².